The number of H-pyrrole nitrogens is 1. The van der Waals surface area contributed by atoms with Gasteiger partial charge >= 0.3 is 0 Å². The Labute approximate surface area is 137 Å². The van der Waals surface area contributed by atoms with Gasteiger partial charge in [0.15, 0.2) is 11.5 Å². The fourth-order valence-electron chi connectivity index (χ4n) is 2.34. The van der Waals surface area contributed by atoms with Crippen molar-refractivity contribution in [3.8, 4) is 11.5 Å². The van der Waals surface area contributed by atoms with Crippen molar-refractivity contribution in [2.75, 3.05) is 14.2 Å². The lowest BCUT2D eigenvalue weighted by atomic mass is 10.2. The van der Waals surface area contributed by atoms with Crippen molar-refractivity contribution in [3.63, 3.8) is 0 Å². The zero-order valence-electron chi connectivity index (χ0n) is 13.1. The van der Waals surface area contributed by atoms with Gasteiger partial charge in [-0.15, -0.1) is 0 Å². The fraction of sp³-hybridized carbons (Fsp3) is 0.118. The summed E-state index contributed by atoms with van der Waals surface area (Å²) in [5.74, 6) is 1.91. The number of rotatable bonds is 5. The molecule has 1 N–H and O–H groups in total. The quantitative estimate of drug-likeness (QED) is 0.571. The molecule has 7 nitrogen and oxygen atoms in total. The first-order valence-electron chi connectivity index (χ1n) is 7.15. The fourth-order valence-corrected chi connectivity index (χ4v) is 2.34. The number of benzene rings is 2. The Kier molecular flexibility index (Phi) is 4.15. The van der Waals surface area contributed by atoms with Gasteiger partial charge in [0, 0.05) is 12.1 Å². The van der Waals surface area contributed by atoms with E-state index in [1.807, 2.05) is 24.3 Å². The lowest BCUT2D eigenvalue weighted by molar-refractivity contribution is -0.384. The van der Waals surface area contributed by atoms with Crippen LogP contribution in [0, 0.1) is 10.1 Å². The maximum atomic E-state index is 10.8. The Morgan fingerprint density at radius 2 is 1.88 bits per heavy atom. The number of nitrogens with zero attached hydrogens (tertiary/aromatic N) is 2. The third-order valence-electron chi connectivity index (χ3n) is 3.54. The number of imidazole rings is 1. The Bertz CT molecular complexity index is 931. The maximum absolute atomic E-state index is 10.8. The molecule has 0 atom stereocenters. The van der Waals surface area contributed by atoms with Gasteiger partial charge in [-0.25, -0.2) is 4.98 Å². The molecule has 3 aromatic rings. The van der Waals surface area contributed by atoms with E-state index in [2.05, 4.69) is 9.97 Å². The molecular weight excluding hydrogens is 310 g/mol. The number of aromatic nitrogens is 2. The van der Waals surface area contributed by atoms with Crippen LogP contribution in [-0.2, 0) is 0 Å². The van der Waals surface area contributed by atoms with Crippen LogP contribution >= 0.6 is 0 Å². The van der Waals surface area contributed by atoms with Crippen LogP contribution in [-0.4, -0.2) is 29.1 Å². The van der Waals surface area contributed by atoms with Gasteiger partial charge < -0.3 is 14.5 Å². The third kappa shape index (κ3) is 3.05. The van der Waals surface area contributed by atoms with E-state index in [1.165, 1.54) is 12.1 Å². The van der Waals surface area contributed by atoms with E-state index in [-0.39, 0.29) is 5.69 Å². The Morgan fingerprint density at radius 3 is 2.58 bits per heavy atom. The highest BCUT2D eigenvalue weighted by Gasteiger charge is 2.09. The third-order valence-corrected chi connectivity index (χ3v) is 3.54. The summed E-state index contributed by atoms with van der Waals surface area (Å²) in [5, 5.41) is 10.8. The molecule has 0 fully saturated rings. The number of non-ortho nitro benzene ring substituents is 1. The van der Waals surface area contributed by atoms with Crippen molar-refractivity contribution in [1.29, 1.82) is 0 Å². The molecule has 0 saturated carbocycles. The molecule has 0 unspecified atom stereocenters. The zero-order chi connectivity index (χ0) is 17.1. The molecule has 0 aliphatic rings. The molecule has 122 valence electrons. The Hall–Kier alpha value is -3.35. The second-order valence-electron chi connectivity index (χ2n) is 5.03. The van der Waals surface area contributed by atoms with E-state index in [9.17, 15) is 10.1 Å². The summed E-state index contributed by atoms with van der Waals surface area (Å²) in [4.78, 5) is 17.8. The number of nitrogens with one attached hydrogen (secondary N) is 1. The van der Waals surface area contributed by atoms with Crippen molar-refractivity contribution < 1.29 is 14.4 Å². The lowest BCUT2D eigenvalue weighted by Gasteiger charge is -2.07. The first kappa shape index (κ1) is 15.5. The van der Waals surface area contributed by atoms with Gasteiger partial charge in [-0.05, 0) is 29.8 Å². The minimum Gasteiger partial charge on any atom is -0.493 e. The van der Waals surface area contributed by atoms with Crippen molar-refractivity contribution in [2.45, 2.75) is 0 Å². The largest absolute Gasteiger partial charge is 0.493 e. The number of hydrogen-bond donors (Lipinski definition) is 1. The van der Waals surface area contributed by atoms with Gasteiger partial charge in [0.1, 0.15) is 5.82 Å². The summed E-state index contributed by atoms with van der Waals surface area (Å²) < 4.78 is 10.5. The number of fused-ring (bicyclic) bond motifs is 1. The number of hydrogen-bond acceptors (Lipinski definition) is 5. The van der Waals surface area contributed by atoms with Crippen molar-refractivity contribution in [1.82, 2.24) is 9.97 Å². The average Bonchev–Trinajstić information content (AvgIpc) is 3.01. The predicted molar refractivity (Wildman–Crippen MR) is 91.2 cm³/mol. The molecule has 0 radical (unpaired) electrons. The van der Waals surface area contributed by atoms with Crippen LogP contribution in [0.25, 0.3) is 23.2 Å². The average molecular weight is 325 g/mol. The number of nitro benzene ring substituents is 1. The maximum Gasteiger partial charge on any atom is 0.271 e. The number of nitro groups is 1. The van der Waals surface area contributed by atoms with Crippen LogP contribution in [0.1, 0.15) is 11.4 Å². The van der Waals surface area contributed by atoms with Crippen molar-refractivity contribution in [2.24, 2.45) is 0 Å². The molecule has 0 bridgehead atoms. The molecular formula is C17H15N3O4. The molecule has 24 heavy (non-hydrogen) atoms. The highest BCUT2D eigenvalue weighted by Crippen LogP contribution is 2.28. The van der Waals surface area contributed by atoms with Crippen LogP contribution in [0.4, 0.5) is 5.69 Å². The Morgan fingerprint density at radius 1 is 1.08 bits per heavy atom. The van der Waals surface area contributed by atoms with E-state index >= 15 is 0 Å². The van der Waals surface area contributed by atoms with Crippen LogP contribution in [0.15, 0.2) is 36.4 Å². The summed E-state index contributed by atoms with van der Waals surface area (Å²) in [7, 11) is 3.17. The standard InChI is InChI=1S/C17H15N3O4/c1-23-15-7-3-11(9-16(15)24-2)4-8-17-18-13-6-5-12(20(21)22)10-14(13)19-17/h3-10H,1-2H3,(H,18,19). The highest BCUT2D eigenvalue weighted by molar-refractivity contribution is 5.80. The molecule has 0 saturated heterocycles. The van der Waals surface area contributed by atoms with Gasteiger partial charge in [-0.3, -0.25) is 10.1 Å². The molecule has 0 aliphatic carbocycles. The monoisotopic (exact) mass is 325 g/mol. The molecule has 0 spiro atoms. The van der Waals surface area contributed by atoms with E-state index < -0.39 is 4.92 Å². The second kappa shape index (κ2) is 6.41. The van der Waals surface area contributed by atoms with Gasteiger partial charge in [0.25, 0.3) is 5.69 Å². The Balaban J connectivity index is 1.89. The second-order valence-corrected chi connectivity index (χ2v) is 5.03. The topological polar surface area (TPSA) is 90.3 Å². The van der Waals surface area contributed by atoms with Crippen molar-refractivity contribution in [3.05, 3.63) is 57.9 Å². The molecule has 1 heterocycles. The number of aromatic amines is 1. The summed E-state index contributed by atoms with van der Waals surface area (Å²) in [5.41, 5.74) is 2.23. The molecule has 2 aromatic carbocycles. The first-order valence-corrected chi connectivity index (χ1v) is 7.15. The van der Waals surface area contributed by atoms with Gasteiger partial charge in [-0.1, -0.05) is 12.1 Å². The van der Waals surface area contributed by atoms with Crippen LogP contribution < -0.4 is 9.47 Å². The molecule has 1 aromatic heterocycles. The summed E-state index contributed by atoms with van der Waals surface area (Å²) in [6.45, 7) is 0. The summed E-state index contributed by atoms with van der Waals surface area (Å²) in [6.07, 6.45) is 3.67. The smallest absolute Gasteiger partial charge is 0.271 e. The minimum atomic E-state index is -0.437. The molecule has 3 rings (SSSR count). The number of methoxy groups -OCH3 is 2. The van der Waals surface area contributed by atoms with E-state index in [1.54, 1.807) is 26.4 Å². The lowest BCUT2D eigenvalue weighted by Crippen LogP contribution is -1.90. The molecule has 0 aliphatic heterocycles. The highest BCUT2D eigenvalue weighted by atomic mass is 16.6. The van der Waals surface area contributed by atoms with E-state index in [0.717, 1.165) is 11.1 Å². The van der Waals surface area contributed by atoms with E-state index in [0.29, 0.717) is 22.8 Å². The zero-order valence-corrected chi connectivity index (χ0v) is 13.1. The number of ether oxygens (including phenoxy) is 2. The van der Waals surface area contributed by atoms with E-state index in [4.69, 9.17) is 9.47 Å². The summed E-state index contributed by atoms with van der Waals surface area (Å²) in [6, 6.07) is 10.1. The first-order chi connectivity index (χ1) is 11.6. The molecule has 0 amide bonds. The molecule has 7 heteroatoms. The van der Waals surface area contributed by atoms with Gasteiger partial charge in [0.2, 0.25) is 0 Å². The normalized spacial score (nSPS) is 11.1. The summed E-state index contributed by atoms with van der Waals surface area (Å²) >= 11 is 0. The predicted octanol–water partition coefficient (Wildman–Crippen LogP) is 3.66. The van der Waals surface area contributed by atoms with Crippen LogP contribution in [0.3, 0.4) is 0 Å². The SMILES string of the molecule is COc1ccc(C=Cc2nc3cc([N+](=O)[O-])ccc3[nH]2)cc1OC. The van der Waals surface area contributed by atoms with Gasteiger partial charge in [-0.2, -0.15) is 0 Å². The van der Waals surface area contributed by atoms with Crippen molar-refractivity contribution >= 4 is 28.9 Å². The van der Waals surface area contributed by atoms with Gasteiger partial charge in [0.05, 0.1) is 30.2 Å². The minimum absolute atomic E-state index is 0.0180. The van der Waals surface area contributed by atoms with Crippen LogP contribution in [0.5, 0.6) is 11.5 Å². The van der Waals surface area contributed by atoms with Crippen LogP contribution in [0.2, 0.25) is 0 Å².